The van der Waals surface area contributed by atoms with Crippen molar-refractivity contribution in [3.8, 4) is 5.75 Å². The summed E-state index contributed by atoms with van der Waals surface area (Å²) in [5, 5.41) is 0.650. The Morgan fingerprint density at radius 1 is 1.40 bits per heavy atom. The maximum atomic E-state index is 6.12. The van der Waals surface area contributed by atoms with Crippen molar-refractivity contribution in [3.63, 3.8) is 0 Å². The van der Waals surface area contributed by atoms with Crippen LogP contribution in [0.3, 0.4) is 0 Å². The molecule has 1 aliphatic carbocycles. The molecule has 0 radical (unpaired) electrons. The molecule has 2 N–H and O–H groups in total. The number of hydrogen-bond acceptors (Lipinski definition) is 2. The highest BCUT2D eigenvalue weighted by molar-refractivity contribution is 6.32. The molecule has 1 aliphatic rings. The highest BCUT2D eigenvalue weighted by Crippen LogP contribution is 2.44. The van der Waals surface area contributed by atoms with Gasteiger partial charge in [-0.05, 0) is 44.4 Å². The van der Waals surface area contributed by atoms with Crippen molar-refractivity contribution < 1.29 is 4.74 Å². The summed E-state index contributed by atoms with van der Waals surface area (Å²) >= 11 is 6.04. The van der Waals surface area contributed by atoms with Gasteiger partial charge in [0, 0.05) is 5.54 Å². The van der Waals surface area contributed by atoms with E-state index in [9.17, 15) is 0 Å². The van der Waals surface area contributed by atoms with Crippen LogP contribution in [-0.4, -0.2) is 6.10 Å². The van der Waals surface area contributed by atoms with Crippen molar-refractivity contribution in [2.75, 3.05) is 0 Å². The molecule has 0 spiro atoms. The average Bonchev–Trinajstić information content (AvgIpc) is 2.88. The summed E-state index contributed by atoms with van der Waals surface area (Å²) < 4.78 is 5.62. The Hall–Kier alpha value is -0.730. The Morgan fingerprint density at radius 2 is 2.07 bits per heavy atom. The highest BCUT2D eigenvalue weighted by atomic mass is 35.5. The van der Waals surface area contributed by atoms with Crippen LogP contribution in [0.25, 0.3) is 0 Å². The summed E-state index contributed by atoms with van der Waals surface area (Å²) in [5.74, 6) is 0.737. The molecule has 0 heterocycles. The minimum atomic E-state index is -0.125. The fourth-order valence-corrected chi connectivity index (χ4v) is 1.74. The maximum Gasteiger partial charge on any atom is 0.138 e. The van der Waals surface area contributed by atoms with E-state index in [4.69, 9.17) is 22.1 Å². The van der Waals surface area contributed by atoms with Crippen molar-refractivity contribution in [1.29, 1.82) is 0 Å². The van der Waals surface area contributed by atoms with Crippen LogP contribution in [-0.2, 0) is 5.54 Å². The van der Waals surface area contributed by atoms with Crippen LogP contribution in [0.5, 0.6) is 5.75 Å². The van der Waals surface area contributed by atoms with Crippen molar-refractivity contribution in [2.24, 2.45) is 5.73 Å². The molecule has 0 atom stereocenters. The van der Waals surface area contributed by atoms with Gasteiger partial charge in [-0.25, -0.2) is 0 Å². The third-order valence-electron chi connectivity index (χ3n) is 2.66. The van der Waals surface area contributed by atoms with E-state index in [-0.39, 0.29) is 11.6 Å². The van der Waals surface area contributed by atoms with E-state index < -0.39 is 0 Å². The van der Waals surface area contributed by atoms with Crippen LogP contribution < -0.4 is 10.5 Å². The van der Waals surface area contributed by atoms with Crippen molar-refractivity contribution in [3.05, 3.63) is 28.8 Å². The van der Waals surface area contributed by atoms with E-state index in [0.717, 1.165) is 24.2 Å². The second-order valence-electron chi connectivity index (χ2n) is 4.47. The van der Waals surface area contributed by atoms with E-state index in [0.29, 0.717) is 5.02 Å². The van der Waals surface area contributed by atoms with Gasteiger partial charge in [0.2, 0.25) is 0 Å². The van der Waals surface area contributed by atoms with Gasteiger partial charge in [0.1, 0.15) is 5.75 Å². The molecule has 1 aromatic rings. The molecule has 0 amide bonds. The van der Waals surface area contributed by atoms with Gasteiger partial charge in [-0.2, -0.15) is 0 Å². The zero-order valence-corrected chi connectivity index (χ0v) is 9.84. The molecule has 2 nitrogen and oxygen atoms in total. The van der Waals surface area contributed by atoms with Crippen molar-refractivity contribution in [2.45, 2.75) is 38.3 Å². The van der Waals surface area contributed by atoms with Gasteiger partial charge in [-0.15, -0.1) is 0 Å². The Bertz CT molecular complexity index is 372. The topological polar surface area (TPSA) is 35.2 Å². The maximum absolute atomic E-state index is 6.12. The van der Waals surface area contributed by atoms with E-state index in [2.05, 4.69) is 0 Å². The Kier molecular flexibility index (Phi) is 2.65. The molecule has 0 saturated heterocycles. The van der Waals surface area contributed by atoms with E-state index in [1.807, 2.05) is 32.0 Å². The molecule has 1 aromatic carbocycles. The third-order valence-corrected chi connectivity index (χ3v) is 2.97. The van der Waals surface area contributed by atoms with Crippen LogP contribution in [0, 0.1) is 0 Å². The van der Waals surface area contributed by atoms with Crippen LogP contribution in [0.2, 0.25) is 5.02 Å². The second-order valence-corrected chi connectivity index (χ2v) is 4.88. The van der Waals surface area contributed by atoms with Gasteiger partial charge >= 0.3 is 0 Å². The lowest BCUT2D eigenvalue weighted by atomic mass is 10.1. The van der Waals surface area contributed by atoms with Gasteiger partial charge in [0.25, 0.3) is 0 Å². The molecule has 82 valence electrons. The average molecular weight is 226 g/mol. The largest absolute Gasteiger partial charge is 0.489 e. The molecule has 3 heteroatoms. The first-order valence-corrected chi connectivity index (χ1v) is 5.65. The summed E-state index contributed by atoms with van der Waals surface area (Å²) in [4.78, 5) is 0. The summed E-state index contributed by atoms with van der Waals surface area (Å²) in [6, 6.07) is 5.82. The summed E-state index contributed by atoms with van der Waals surface area (Å²) in [6.07, 6.45) is 2.23. The SMILES string of the molecule is CC(C)Oc1cc(C2(N)CC2)ccc1Cl. The van der Waals surface area contributed by atoms with Crippen molar-refractivity contribution in [1.82, 2.24) is 0 Å². The predicted octanol–water partition coefficient (Wildman–Crippen LogP) is 3.08. The Labute approximate surface area is 95.4 Å². The molecule has 2 rings (SSSR count). The minimum absolute atomic E-state index is 0.125. The number of halogens is 1. The molecule has 15 heavy (non-hydrogen) atoms. The van der Waals surface area contributed by atoms with Gasteiger partial charge < -0.3 is 10.5 Å². The van der Waals surface area contributed by atoms with Gasteiger partial charge in [0.15, 0.2) is 0 Å². The van der Waals surface area contributed by atoms with Gasteiger partial charge in [-0.1, -0.05) is 17.7 Å². The number of ether oxygens (including phenoxy) is 1. The van der Waals surface area contributed by atoms with E-state index in [1.165, 1.54) is 0 Å². The van der Waals surface area contributed by atoms with Gasteiger partial charge in [-0.3, -0.25) is 0 Å². The molecule has 1 fully saturated rings. The first-order valence-electron chi connectivity index (χ1n) is 5.27. The summed E-state index contributed by atoms with van der Waals surface area (Å²) in [5.41, 5.74) is 7.12. The zero-order chi connectivity index (χ0) is 11.1. The third kappa shape index (κ3) is 2.27. The van der Waals surface area contributed by atoms with E-state index in [1.54, 1.807) is 0 Å². The first kappa shape index (κ1) is 10.8. The Balaban J connectivity index is 2.28. The molecule has 0 aliphatic heterocycles. The smallest absolute Gasteiger partial charge is 0.138 e. The minimum Gasteiger partial charge on any atom is -0.489 e. The summed E-state index contributed by atoms with van der Waals surface area (Å²) in [7, 11) is 0. The zero-order valence-electron chi connectivity index (χ0n) is 9.09. The van der Waals surface area contributed by atoms with Crippen LogP contribution in [0.15, 0.2) is 18.2 Å². The number of nitrogens with two attached hydrogens (primary N) is 1. The fraction of sp³-hybridized carbons (Fsp3) is 0.500. The molecule has 1 saturated carbocycles. The normalized spacial score (nSPS) is 17.9. The van der Waals surface area contributed by atoms with E-state index >= 15 is 0 Å². The number of benzene rings is 1. The van der Waals surface area contributed by atoms with Crippen molar-refractivity contribution >= 4 is 11.6 Å². The predicted molar refractivity (Wildman–Crippen MR) is 62.3 cm³/mol. The molecule has 0 aromatic heterocycles. The molecule has 0 unspecified atom stereocenters. The van der Waals surface area contributed by atoms with Crippen LogP contribution in [0.4, 0.5) is 0 Å². The van der Waals surface area contributed by atoms with Gasteiger partial charge in [0.05, 0.1) is 11.1 Å². The lowest BCUT2D eigenvalue weighted by Crippen LogP contribution is -2.18. The standard InChI is InChI=1S/C12H16ClNO/c1-8(2)15-11-7-9(3-4-10(11)13)12(14)5-6-12/h3-4,7-8H,5-6,14H2,1-2H3. The lowest BCUT2D eigenvalue weighted by molar-refractivity contribution is 0.242. The number of hydrogen-bond donors (Lipinski definition) is 1. The monoisotopic (exact) mass is 225 g/mol. The molecule has 0 bridgehead atoms. The fourth-order valence-electron chi connectivity index (χ4n) is 1.58. The number of rotatable bonds is 3. The Morgan fingerprint density at radius 3 is 2.60 bits per heavy atom. The molecular weight excluding hydrogens is 210 g/mol. The first-order chi connectivity index (χ1) is 7.01. The lowest BCUT2D eigenvalue weighted by Gasteiger charge is -2.15. The van der Waals surface area contributed by atoms with Crippen LogP contribution >= 0.6 is 11.6 Å². The van der Waals surface area contributed by atoms with Crippen LogP contribution in [0.1, 0.15) is 32.3 Å². The molecular formula is C12H16ClNO. The quantitative estimate of drug-likeness (QED) is 0.858. The summed E-state index contributed by atoms with van der Waals surface area (Å²) in [6.45, 7) is 3.97. The second kappa shape index (κ2) is 3.69. The highest BCUT2D eigenvalue weighted by Gasteiger charge is 2.40.